The number of aliphatic hydroxyl groups is 1. The number of carboxylic acid groups (broad SMARTS) is 1. The molecule has 0 aromatic heterocycles. The summed E-state index contributed by atoms with van der Waals surface area (Å²) in [7, 11) is 0. The van der Waals surface area contributed by atoms with Gasteiger partial charge in [-0.25, -0.2) is 4.79 Å². The maximum atomic E-state index is 11.3. The summed E-state index contributed by atoms with van der Waals surface area (Å²) in [4.78, 5) is 15.6. The van der Waals surface area contributed by atoms with Crippen molar-refractivity contribution in [2.75, 3.05) is 0 Å². The van der Waals surface area contributed by atoms with Crippen molar-refractivity contribution in [1.82, 2.24) is 0 Å². The van der Waals surface area contributed by atoms with E-state index in [4.69, 9.17) is 0 Å². The van der Waals surface area contributed by atoms with Crippen LogP contribution in [0.15, 0.2) is 35.3 Å². The molecule has 0 amide bonds. The molecule has 2 N–H and O–H groups in total. The summed E-state index contributed by atoms with van der Waals surface area (Å²) in [5.74, 6) is -0.725. The lowest BCUT2D eigenvalue weighted by Crippen LogP contribution is -2.28. The van der Waals surface area contributed by atoms with E-state index in [0.29, 0.717) is 12.1 Å². The number of benzene rings is 1. The van der Waals surface area contributed by atoms with Gasteiger partial charge in [-0.3, -0.25) is 4.99 Å². The summed E-state index contributed by atoms with van der Waals surface area (Å²) in [6, 6.07) is 6.72. The zero-order valence-corrected chi connectivity index (χ0v) is 11.7. The lowest BCUT2D eigenvalue weighted by molar-refractivity contribution is -0.138. The second kappa shape index (κ2) is 6.01. The molecule has 0 spiro atoms. The normalized spacial score (nSPS) is 21.0. The number of aliphatic imine (C=N–C) groups is 1. The van der Waals surface area contributed by atoms with Gasteiger partial charge in [0.2, 0.25) is 0 Å². The smallest absolute Gasteiger partial charge is 0.328 e. The van der Waals surface area contributed by atoms with Crippen LogP contribution in [0.25, 0.3) is 6.08 Å². The fourth-order valence-electron chi connectivity index (χ4n) is 2.29. The number of fused-ring (bicyclic) bond motifs is 1. The van der Waals surface area contributed by atoms with E-state index in [9.17, 15) is 15.0 Å². The second-order valence-electron chi connectivity index (χ2n) is 5.39. The van der Waals surface area contributed by atoms with Gasteiger partial charge in [0.1, 0.15) is 12.1 Å². The molecule has 20 heavy (non-hydrogen) atoms. The lowest BCUT2D eigenvalue weighted by atomic mass is 9.93. The Balaban J connectivity index is 2.40. The van der Waals surface area contributed by atoms with Gasteiger partial charge in [0.05, 0.1) is 5.71 Å². The van der Waals surface area contributed by atoms with Gasteiger partial charge in [-0.1, -0.05) is 44.2 Å². The van der Waals surface area contributed by atoms with Gasteiger partial charge in [-0.05, 0) is 24.0 Å². The largest absolute Gasteiger partial charge is 0.480 e. The van der Waals surface area contributed by atoms with Crippen LogP contribution in [-0.2, 0) is 4.79 Å². The Morgan fingerprint density at radius 1 is 1.35 bits per heavy atom. The quantitative estimate of drug-likeness (QED) is 0.884. The van der Waals surface area contributed by atoms with Crippen molar-refractivity contribution in [2.45, 2.75) is 32.4 Å². The predicted octanol–water partition coefficient (Wildman–Crippen LogP) is 2.36. The first-order chi connectivity index (χ1) is 9.49. The van der Waals surface area contributed by atoms with Gasteiger partial charge in [0.25, 0.3) is 0 Å². The molecule has 0 bridgehead atoms. The maximum absolute atomic E-state index is 11.3. The highest BCUT2D eigenvalue weighted by atomic mass is 16.4. The molecule has 1 aliphatic carbocycles. The van der Waals surface area contributed by atoms with E-state index in [2.05, 4.69) is 4.99 Å². The van der Waals surface area contributed by atoms with Crippen molar-refractivity contribution < 1.29 is 15.0 Å². The van der Waals surface area contributed by atoms with E-state index in [1.165, 1.54) is 0 Å². The maximum Gasteiger partial charge on any atom is 0.328 e. The van der Waals surface area contributed by atoms with Crippen LogP contribution in [0.1, 0.15) is 31.4 Å². The highest BCUT2D eigenvalue weighted by Crippen LogP contribution is 2.21. The molecule has 1 aliphatic rings. The third-order valence-corrected chi connectivity index (χ3v) is 3.25. The van der Waals surface area contributed by atoms with E-state index in [1.807, 2.05) is 44.2 Å². The highest BCUT2D eigenvalue weighted by Gasteiger charge is 2.24. The standard InChI is InChI=1S/C16H19NO3/c1-10(2)9-13(16(19)20)17-15-12-6-4-3-5-11(12)7-8-14(15)18/h3-8,10,13-14,18H,9H2,1-2H3,(H,19,20)/t13-,14?/m0/s1. The molecule has 4 nitrogen and oxygen atoms in total. The summed E-state index contributed by atoms with van der Waals surface area (Å²) >= 11 is 0. The number of nitrogens with zero attached hydrogens (tertiary/aromatic N) is 1. The average molecular weight is 273 g/mol. The summed E-state index contributed by atoms with van der Waals surface area (Å²) < 4.78 is 0. The molecule has 0 aliphatic heterocycles. The van der Waals surface area contributed by atoms with E-state index >= 15 is 0 Å². The molecule has 0 saturated heterocycles. The first-order valence-corrected chi connectivity index (χ1v) is 6.75. The molecular weight excluding hydrogens is 254 g/mol. The van der Waals surface area contributed by atoms with Gasteiger partial charge in [-0.15, -0.1) is 0 Å². The van der Waals surface area contributed by atoms with Crippen molar-refractivity contribution in [1.29, 1.82) is 0 Å². The fourth-order valence-corrected chi connectivity index (χ4v) is 2.29. The van der Waals surface area contributed by atoms with Crippen LogP contribution in [-0.4, -0.2) is 34.0 Å². The Hall–Kier alpha value is -1.94. The molecular formula is C16H19NO3. The number of carbonyl (C=O) groups is 1. The Morgan fingerprint density at radius 3 is 2.70 bits per heavy atom. The van der Waals surface area contributed by atoms with Gasteiger partial charge < -0.3 is 10.2 Å². The van der Waals surface area contributed by atoms with Crippen LogP contribution in [0.5, 0.6) is 0 Å². The number of aliphatic hydroxyl groups excluding tert-OH is 1. The summed E-state index contributed by atoms with van der Waals surface area (Å²) in [5.41, 5.74) is 2.19. The Kier molecular flexibility index (Phi) is 4.35. The van der Waals surface area contributed by atoms with Crippen LogP contribution in [0.2, 0.25) is 0 Å². The molecule has 0 fully saturated rings. The average Bonchev–Trinajstić information content (AvgIpc) is 2.40. The topological polar surface area (TPSA) is 69.9 Å². The highest BCUT2D eigenvalue weighted by molar-refractivity contribution is 6.10. The van der Waals surface area contributed by atoms with E-state index in [0.717, 1.165) is 11.1 Å². The molecule has 0 saturated carbocycles. The minimum absolute atomic E-state index is 0.229. The molecule has 4 heteroatoms. The Morgan fingerprint density at radius 2 is 2.05 bits per heavy atom. The van der Waals surface area contributed by atoms with Gasteiger partial charge in [-0.2, -0.15) is 0 Å². The lowest BCUT2D eigenvalue weighted by Gasteiger charge is -2.20. The van der Waals surface area contributed by atoms with Gasteiger partial charge >= 0.3 is 5.97 Å². The fraction of sp³-hybridized carbons (Fsp3) is 0.375. The van der Waals surface area contributed by atoms with Crippen LogP contribution in [0, 0.1) is 5.92 Å². The van der Waals surface area contributed by atoms with Crippen molar-refractivity contribution in [3.63, 3.8) is 0 Å². The molecule has 2 atom stereocenters. The van der Waals surface area contributed by atoms with Crippen LogP contribution < -0.4 is 0 Å². The molecule has 1 aromatic carbocycles. The van der Waals surface area contributed by atoms with Crippen LogP contribution in [0.4, 0.5) is 0 Å². The summed E-state index contributed by atoms with van der Waals surface area (Å²) in [6.45, 7) is 3.92. The molecule has 1 aromatic rings. The van der Waals surface area contributed by atoms with Crippen LogP contribution >= 0.6 is 0 Å². The monoisotopic (exact) mass is 273 g/mol. The van der Waals surface area contributed by atoms with Gasteiger partial charge in [0, 0.05) is 5.56 Å². The van der Waals surface area contributed by atoms with E-state index in [1.54, 1.807) is 6.08 Å². The summed E-state index contributed by atoms with van der Waals surface area (Å²) in [5, 5.41) is 19.4. The first kappa shape index (κ1) is 14.5. The second-order valence-corrected chi connectivity index (χ2v) is 5.39. The van der Waals surface area contributed by atoms with E-state index in [-0.39, 0.29) is 5.92 Å². The van der Waals surface area contributed by atoms with Crippen LogP contribution in [0.3, 0.4) is 0 Å². The third kappa shape index (κ3) is 3.14. The SMILES string of the molecule is CC(C)C[C@H](N=C1c2ccccc2C=CC1O)C(=O)O. The molecule has 0 radical (unpaired) electrons. The van der Waals surface area contributed by atoms with E-state index < -0.39 is 18.1 Å². The molecule has 0 heterocycles. The minimum Gasteiger partial charge on any atom is -0.480 e. The zero-order chi connectivity index (χ0) is 14.7. The molecule has 2 rings (SSSR count). The Bertz CT molecular complexity index is 561. The summed E-state index contributed by atoms with van der Waals surface area (Å²) in [6.07, 6.45) is 3.07. The minimum atomic E-state index is -0.953. The van der Waals surface area contributed by atoms with Crippen molar-refractivity contribution in [2.24, 2.45) is 10.9 Å². The van der Waals surface area contributed by atoms with Gasteiger partial charge in [0.15, 0.2) is 0 Å². The molecule has 106 valence electrons. The number of hydrogen-bond donors (Lipinski definition) is 2. The molecule has 1 unspecified atom stereocenters. The first-order valence-electron chi connectivity index (χ1n) is 6.75. The zero-order valence-electron chi connectivity index (χ0n) is 11.7. The third-order valence-electron chi connectivity index (χ3n) is 3.25. The predicted molar refractivity (Wildman–Crippen MR) is 78.9 cm³/mol. The van der Waals surface area contributed by atoms with Crippen molar-refractivity contribution in [3.05, 3.63) is 41.5 Å². The number of carboxylic acids is 1. The Labute approximate surface area is 118 Å². The number of aliphatic carboxylic acids is 1. The van der Waals surface area contributed by atoms with Crippen molar-refractivity contribution in [3.8, 4) is 0 Å². The number of hydrogen-bond acceptors (Lipinski definition) is 3. The van der Waals surface area contributed by atoms with Crippen molar-refractivity contribution >= 4 is 17.8 Å². The number of rotatable bonds is 4.